The fourth-order valence-corrected chi connectivity index (χ4v) is 6.35. The second kappa shape index (κ2) is 10.7. The molecule has 2 aliphatic carbocycles. The van der Waals surface area contributed by atoms with E-state index in [1.165, 1.54) is 55.5 Å². The summed E-state index contributed by atoms with van der Waals surface area (Å²) in [5, 5.41) is 25.6. The standard InChI is InChI=1S/C31H37N7/c1-21-34-31(35-26-14-11-22-12-15-27(16-13-24(22)19-26)37-17-4-5-18-37)38(36-21)29(32)20-25-9-6-8-23-7-2-3-10-28(23)30(25)33/h2-3,7,10-11,14,19-20,27,32-33H,4-6,8-9,12-13,15-18H2,1H3,(H,34,35,36)/b25-20-,32-29?,33-30?. The molecule has 3 N–H and O–H groups in total. The van der Waals surface area contributed by atoms with Gasteiger partial charge in [-0.15, -0.1) is 5.10 Å². The van der Waals surface area contributed by atoms with Crippen molar-refractivity contribution in [1.29, 1.82) is 10.8 Å². The number of fused-ring (bicyclic) bond motifs is 2. The molecule has 2 aromatic carbocycles. The number of rotatable bonds is 4. The normalized spacial score (nSPS) is 21.0. The number of allylic oxidation sites excluding steroid dienone is 2. The molecule has 38 heavy (non-hydrogen) atoms. The molecule has 7 heteroatoms. The van der Waals surface area contributed by atoms with Crippen LogP contribution in [0.5, 0.6) is 0 Å². The van der Waals surface area contributed by atoms with Gasteiger partial charge < -0.3 is 10.2 Å². The summed E-state index contributed by atoms with van der Waals surface area (Å²) in [5.41, 5.74) is 7.41. The molecule has 1 unspecified atom stereocenters. The van der Waals surface area contributed by atoms with Gasteiger partial charge in [-0.25, -0.2) is 0 Å². The predicted octanol–water partition coefficient (Wildman–Crippen LogP) is 5.83. The topological polar surface area (TPSA) is 93.7 Å². The van der Waals surface area contributed by atoms with Gasteiger partial charge in [0.25, 0.3) is 0 Å². The molecule has 1 saturated heterocycles. The van der Waals surface area contributed by atoms with Crippen LogP contribution in [0.4, 0.5) is 11.6 Å². The van der Waals surface area contributed by atoms with Gasteiger partial charge in [0.2, 0.25) is 5.95 Å². The lowest BCUT2D eigenvalue weighted by molar-refractivity contribution is 0.222. The Balaban J connectivity index is 1.20. The zero-order valence-electron chi connectivity index (χ0n) is 22.3. The van der Waals surface area contributed by atoms with Gasteiger partial charge in [-0.05, 0) is 118 Å². The van der Waals surface area contributed by atoms with Gasteiger partial charge in [0, 0.05) is 17.3 Å². The number of likely N-dealkylation sites (tertiary alicyclic amines) is 1. The maximum Gasteiger partial charge on any atom is 0.232 e. The number of hydrogen-bond acceptors (Lipinski definition) is 6. The molecule has 196 valence electrons. The Morgan fingerprint density at radius 1 is 0.947 bits per heavy atom. The van der Waals surface area contributed by atoms with Gasteiger partial charge >= 0.3 is 0 Å². The molecule has 0 radical (unpaired) electrons. The van der Waals surface area contributed by atoms with Crippen LogP contribution in [0.1, 0.15) is 66.6 Å². The quantitative estimate of drug-likeness (QED) is 0.235. The van der Waals surface area contributed by atoms with Crippen LogP contribution in [0.25, 0.3) is 0 Å². The molecule has 0 bridgehead atoms. The van der Waals surface area contributed by atoms with Crippen molar-refractivity contribution in [1.82, 2.24) is 19.7 Å². The lowest BCUT2D eigenvalue weighted by Crippen LogP contribution is -2.32. The zero-order chi connectivity index (χ0) is 26.1. The number of aromatic nitrogens is 3. The smallest absolute Gasteiger partial charge is 0.232 e. The molecule has 1 fully saturated rings. The van der Waals surface area contributed by atoms with E-state index in [0.29, 0.717) is 23.5 Å². The monoisotopic (exact) mass is 507 g/mol. The number of benzene rings is 2. The third kappa shape index (κ3) is 5.07. The molecule has 6 rings (SSSR count). The third-order valence-corrected chi connectivity index (χ3v) is 8.37. The van der Waals surface area contributed by atoms with Gasteiger partial charge in [-0.1, -0.05) is 30.3 Å². The van der Waals surface area contributed by atoms with Crippen LogP contribution >= 0.6 is 0 Å². The molecular formula is C31H37N7. The summed E-state index contributed by atoms with van der Waals surface area (Å²) in [7, 11) is 0. The summed E-state index contributed by atoms with van der Waals surface area (Å²) in [6.07, 6.45) is 11.9. The Morgan fingerprint density at radius 2 is 1.74 bits per heavy atom. The predicted molar refractivity (Wildman–Crippen MR) is 153 cm³/mol. The molecule has 0 amide bonds. The Kier molecular flexibility index (Phi) is 6.94. The van der Waals surface area contributed by atoms with Gasteiger partial charge in [0.15, 0.2) is 0 Å². The molecular weight excluding hydrogens is 470 g/mol. The highest BCUT2D eigenvalue weighted by Crippen LogP contribution is 2.29. The second-order valence-electron chi connectivity index (χ2n) is 10.9. The van der Waals surface area contributed by atoms with Crippen LogP contribution in [0.3, 0.4) is 0 Å². The largest absolute Gasteiger partial charge is 0.324 e. The number of nitrogens with zero attached hydrogens (tertiary/aromatic N) is 4. The molecule has 2 heterocycles. The van der Waals surface area contributed by atoms with E-state index < -0.39 is 0 Å². The van der Waals surface area contributed by atoms with Crippen molar-refractivity contribution in [2.45, 2.75) is 70.8 Å². The van der Waals surface area contributed by atoms with Gasteiger partial charge in [-0.2, -0.15) is 9.67 Å². The first-order valence-corrected chi connectivity index (χ1v) is 14.1. The average Bonchev–Trinajstić information content (AvgIpc) is 3.49. The lowest BCUT2D eigenvalue weighted by atomic mass is 9.99. The summed E-state index contributed by atoms with van der Waals surface area (Å²) in [6, 6.07) is 15.5. The van der Waals surface area contributed by atoms with Crippen molar-refractivity contribution in [2.24, 2.45) is 0 Å². The molecule has 7 nitrogen and oxygen atoms in total. The van der Waals surface area contributed by atoms with Crippen molar-refractivity contribution in [2.75, 3.05) is 18.4 Å². The Morgan fingerprint density at radius 3 is 2.58 bits per heavy atom. The zero-order valence-corrected chi connectivity index (χ0v) is 22.3. The highest BCUT2D eigenvalue weighted by atomic mass is 15.4. The molecule has 3 aromatic rings. The van der Waals surface area contributed by atoms with E-state index in [1.54, 1.807) is 10.8 Å². The lowest BCUT2D eigenvalue weighted by Gasteiger charge is -2.25. The van der Waals surface area contributed by atoms with E-state index in [2.05, 4.69) is 44.6 Å². The fourth-order valence-electron chi connectivity index (χ4n) is 6.35. The van der Waals surface area contributed by atoms with Crippen LogP contribution in [0, 0.1) is 17.7 Å². The van der Waals surface area contributed by atoms with E-state index in [-0.39, 0.29) is 5.84 Å². The first kappa shape index (κ1) is 24.7. The van der Waals surface area contributed by atoms with E-state index in [4.69, 9.17) is 10.8 Å². The van der Waals surface area contributed by atoms with E-state index in [0.717, 1.165) is 48.9 Å². The first-order chi connectivity index (χ1) is 18.5. The third-order valence-electron chi connectivity index (χ3n) is 8.37. The van der Waals surface area contributed by atoms with Gasteiger partial charge in [-0.3, -0.25) is 10.8 Å². The number of aryl methyl sites for hydroxylation is 4. The van der Waals surface area contributed by atoms with Gasteiger partial charge in [0.05, 0.1) is 5.71 Å². The van der Waals surface area contributed by atoms with Crippen molar-refractivity contribution < 1.29 is 0 Å². The fraction of sp³-hybridized carbons (Fsp3) is 0.419. The van der Waals surface area contributed by atoms with Crippen LogP contribution < -0.4 is 5.32 Å². The molecule has 0 spiro atoms. The van der Waals surface area contributed by atoms with Crippen molar-refractivity contribution in [3.63, 3.8) is 0 Å². The van der Waals surface area contributed by atoms with Crippen molar-refractivity contribution >= 4 is 23.2 Å². The molecule has 1 atom stereocenters. The Hall–Kier alpha value is -3.58. The number of hydrogen-bond donors (Lipinski definition) is 3. The minimum absolute atomic E-state index is 0.218. The minimum atomic E-state index is 0.218. The maximum absolute atomic E-state index is 8.86. The summed E-state index contributed by atoms with van der Waals surface area (Å²) in [6.45, 7) is 4.37. The van der Waals surface area contributed by atoms with E-state index >= 15 is 0 Å². The summed E-state index contributed by atoms with van der Waals surface area (Å²) >= 11 is 0. The number of anilines is 2. The van der Waals surface area contributed by atoms with Gasteiger partial charge in [0.1, 0.15) is 11.7 Å². The van der Waals surface area contributed by atoms with E-state index in [1.807, 2.05) is 25.1 Å². The molecule has 1 aliphatic heterocycles. The SMILES string of the molecule is Cc1nc(Nc2ccc3c(c2)CCC(N2CCCC2)CC3)n(C(=N)/C=C2/CCCc3ccccc3C2=N)n1. The second-order valence-corrected chi connectivity index (χ2v) is 10.9. The van der Waals surface area contributed by atoms with Crippen LogP contribution in [-0.4, -0.2) is 50.3 Å². The van der Waals surface area contributed by atoms with Crippen LogP contribution in [0.15, 0.2) is 54.1 Å². The summed E-state index contributed by atoms with van der Waals surface area (Å²) < 4.78 is 1.56. The van der Waals surface area contributed by atoms with Crippen molar-refractivity contribution in [3.8, 4) is 0 Å². The first-order valence-electron chi connectivity index (χ1n) is 14.1. The Bertz CT molecular complexity index is 1390. The highest BCUT2D eigenvalue weighted by Gasteiger charge is 2.25. The minimum Gasteiger partial charge on any atom is -0.324 e. The van der Waals surface area contributed by atoms with E-state index in [9.17, 15) is 0 Å². The average molecular weight is 508 g/mol. The summed E-state index contributed by atoms with van der Waals surface area (Å²) in [4.78, 5) is 7.30. The summed E-state index contributed by atoms with van der Waals surface area (Å²) in [5.74, 6) is 1.36. The maximum atomic E-state index is 8.86. The molecule has 3 aliphatic rings. The van der Waals surface area contributed by atoms with Crippen LogP contribution in [0.2, 0.25) is 0 Å². The highest BCUT2D eigenvalue weighted by molar-refractivity contribution is 6.14. The molecule has 0 saturated carbocycles. The van der Waals surface area contributed by atoms with Crippen LogP contribution in [-0.2, 0) is 19.3 Å². The Labute approximate surface area is 225 Å². The number of nitrogens with one attached hydrogen (secondary N) is 3. The van der Waals surface area contributed by atoms with Crippen molar-refractivity contribution in [3.05, 3.63) is 82.2 Å². The molecule has 1 aromatic heterocycles.